The zero-order valence-corrected chi connectivity index (χ0v) is 14.4. The van der Waals surface area contributed by atoms with E-state index >= 15 is 0 Å². The average molecular weight is 349 g/mol. The van der Waals surface area contributed by atoms with Crippen LogP contribution in [0.25, 0.3) is 0 Å². The third-order valence-corrected chi connectivity index (χ3v) is 3.50. The Morgan fingerprint density at radius 2 is 1.92 bits per heavy atom. The maximum absolute atomic E-state index is 12.4. The van der Waals surface area contributed by atoms with Crippen LogP contribution in [0, 0.1) is 11.3 Å². The predicted octanol–water partition coefficient (Wildman–Crippen LogP) is 2.88. The third kappa shape index (κ3) is 4.95. The zero-order valence-electron chi connectivity index (χ0n) is 14.4. The quantitative estimate of drug-likeness (QED) is 0.752. The molecule has 6 heteroatoms. The first-order valence-corrected chi connectivity index (χ1v) is 8.01. The molecule has 0 saturated carbocycles. The van der Waals surface area contributed by atoms with Crippen LogP contribution in [0.4, 0.5) is 5.69 Å². The summed E-state index contributed by atoms with van der Waals surface area (Å²) in [6.45, 7) is 5.49. The number of anilines is 1. The van der Waals surface area contributed by atoms with Gasteiger partial charge in [-0.05, 0) is 43.3 Å². The molecule has 2 aromatic rings. The van der Waals surface area contributed by atoms with E-state index in [1.165, 1.54) is 0 Å². The molecule has 132 valence electrons. The lowest BCUT2D eigenvalue weighted by Gasteiger charge is -2.16. The SMILES string of the molecule is C=CCNC(=O)c1ccccc1NC(=O)C(C)Oc1ccc(C#N)cc1. The van der Waals surface area contributed by atoms with Crippen LogP contribution in [0.3, 0.4) is 0 Å². The minimum Gasteiger partial charge on any atom is -0.481 e. The number of hydrogen-bond donors (Lipinski definition) is 2. The van der Waals surface area contributed by atoms with Gasteiger partial charge in [0.05, 0.1) is 22.9 Å². The van der Waals surface area contributed by atoms with E-state index in [4.69, 9.17) is 10.00 Å². The number of hydrogen-bond acceptors (Lipinski definition) is 4. The Morgan fingerprint density at radius 1 is 1.23 bits per heavy atom. The van der Waals surface area contributed by atoms with Crippen molar-refractivity contribution in [1.29, 1.82) is 5.26 Å². The van der Waals surface area contributed by atoms with E-state index in [1.807, 2.05) is 6.07 Å². The average Bonchev–Trinajstić information content (AvgIpc) is 2.67. The smallest absolute Gasteiger partial charge is 0.265 e. The second-order valence-electron chi connectivity index (χ2n) is 5.43. The summed E-state index contributed by atoms with van der Waals surface area (Å²) in [5, 5.41) is 14.2. The maximum Gasteiger partial charge on any atom is 0.265 e. The van der Waals surface area contributed by atoms with Gasteiger partial charge in [-0.3, -0.25) is 9.59 Å². The Hall–Kier alpha value is -3.59. The Balaban J connectivity index is 2.05. The van der Waals surface area contributed by atoms with Crippen LogP contribution in [0.2, 0.25) is 0 Å². The summed E-state index contributed by atoms with van der Waals surface area (Å²) >= 11 is 0. The van der Waals surface area contributed by atoms with Crippen molar-refractivity contribution in [2.75, 3.05) is 11.9 Å². The van der Waals surface area contributed by atoms with Gasteiger partial charge in [-0.15, -0.1) is 6.58 Å². The summed E-state index contributed by atoms with van der Waals surface area (Å²) in [5.74, 6) is -0.219. The van der Waals surface area contributed by atoms with E-state index in [0.29, 0.717) is 29.1 Å². The van der Waals surface area contributed by atoms with Crippen molar-refractivity contribution in [3.63, 3.8) is 0 Å². The second-order valence-corrected chi connectivity index (χ2v) is 5.43. The first-order chi connectivity index (χ1) is 12.5. The van der Waals surface area contributed by atoms with Crippen molar-refractivity contribution in [3.05, 3.63) is 72.3 Å². The van der Waals surface area contributed by atoms with Crippen molar-refractivity contribution in [1.82, 2.24) is 5.32 Å². The first-order valence-electron chi connectivity index (χ1n) is 8.01. The van der Waals surface area contributed by atoms with Gasteiger partial charge in [0.2, 0.25) is 0 Å². The van der Waals surface area contributed by atoms with Gasteiger partial charge in [-0.25, -0.2) is 0 Å². The molecule has 6 nitrogen and oxygen atoms in total. The molecule has 0 bridgehead atoms. The minimum absolute atomic E-state index is 0.304. The molecular weight excluding hydrogens is 330 g/mol. The normalized spacial score (nSPS) is 10.9. The summed E-state index contributed by atoms with van der Waals surface area (Å²) in [6, 6.07) is 15.2. The summed E-state index contributed by atoms with van der Waals surface area (Å²) in [6.07, 6.45) is 0.791. The molecule has 2 aromatic carbocycles. The van der Waals surface area contributed by atoms with Crippen LogP contribution in [0.15, 0.2) is 61.2 Å². The number of carbonyl (C=O) groups is 2. The van der Waals surface area contributed by atoms with Crippen molar-refractivity contribution in [2.45, 2.75) is 13.0 Å². The van der Waals surface area contributed by atoms with Crippen molar-refractivity contribution in [3.8, 4) is 11.8 Å². The summed E-state index contributed by atoms with van der Waals surface area (Å²) in [4.78, 5) is 24.6. The Morgan fingerprint density at radius 3 is 2.58 bits per heavy atom. The number of benzene rings is 2. The van der Waals surface area contributed by atoms with E-state index in [-0.39, 0.29) is 5.91 Å². The summed E-state index contributed by atoms with van der Waals surface area (Å²) < 4.78 is 5.58. The van der Waals surface area contributed by atoms with Gasteiger partial charge in [-0.1, -0.05) is 18.2 Å². The molecule has 1 unspecified atom stereocenters. The number of ether oxygens (including phenoxy) is 1. The van der Waals surface area contributed by atoms with Gasteiger partial charge < -0.3 is 15.4 Å². The molecule has 0 spiro atoms. The Kier molecular flexibility index (Phi) is 6.52. The van der Waals surface area contributed by atoms with Gasteiger partial charge in [0.15, 0.2) is 6.10 Å². The van der Waals surface area contributed by atoms with Gasteiger partial charge in [0.25, 0.3) is 11.8 Å². The predicted molar refractivity (Wildman–Crippen MR) is 98.8 cm³/mol. The van der Waals surface area contributed by atoms with Crippen LogP contribution in [-0.2, 0) is 4.79 Å². The highest BCUT2D eigenvalue weighted by Crippen LogP contribution is 2.17. The van der Waals surface area contributed by atoms with E-state index < -0.39 is 12.0 Å². The topological polar surface area (TPSA) is 91.2 Å². The van der Waals surface area contributed by atoms with Gasteiger partial charge in [-0.2, -0.15) is 5.26 Å². The summed E-state index contributed by atoms with van der Waals surface area (Å²) in [7, 11) is 0. The molecule has 0 heterocycles. The van der Waals surface area contributed by atoms with E-state index in [0.717, 1.165) is 0 Å². The van der Waals surface area contributed by atoms with E-state index in [9.17, 15) is 9.59 Å². The molecule has 1 atom stereocenters. The second kappa shape index (κ2) is 9.04. The van der Waals surface area contributed by atoms with Gasteiger partial charge >= 0.3 is 0 Å². The fraction of sp³-hybridized carbons (Fsp3) is 0.150. The number of amides is 2. The fourth-order valence-electron chi connectivity index (χ4n) is 2.15. The Bertz CT molecular complexity index is 838. The molecule has 2 amide bonds. The van der Waals surface area contributed by atoms with Crippen molar-refractivity contribution >= 4 is 17.5 Å². The van der Waals surface area contributed by atoms with Gasteiger partial charge in [0, 0.05) is 6.54 Å². The number of carbonyl (C=O) groups excluding carboxylic acids is 2. The molecule has 2 N–H and O–H groups in total. The van der Waals surface area contributed by atoms with E-state index in [1.54, 1.807) is 61.5 Å². The first kappa shape index (κ1) is 18.7. The van der Waals surface area contributed by atoms with Crippen LogP contribution < -0.4 is 15.4 Å². The summed E-state index contributed by atoms with van der Waals surface area (Å²) in [5.41, 5.74) is 1.26. The minimum atomic E-state index is -0.785. The number of nitrogens with one attached hydrogen (secondary N) is 2. The molecule has 0 aromatic heterocycles. The largest absolute Gasteiger partial charge is 0.481 e. The highest BCUT2D eigenvalue weighted by Gasteiger charge is 2.18. The highest BCUT2D eigenvalue weighted by atomic mass is 16.5. The monoisotopic (exact) mass is 349 g/mol. The van der Waals surface area contributed by atoms with Crippen molar-refractivity contribution in [2.24, 2.45) is 0 Å². The van der Waals surface area contributed by atoms with Crippen LogP contribution >= 0.6 is 0 Å². The highest BCUT2D eigenvalue weighted by molar-refractivity contribution is 6.04. The number of nitrogens with zero attached hydrogens (tertiary/aromatic N) is 1. The van der Waals surface area contributed by atoms with Crippen LogP contribution in [0.1, 0.15) is 22.8 Å². The van der Waals surface area contributed by atoms with Gasteiger partial charge in [0.1, 0.15) is 5.75 Å². The lowest BCUT2D eigenvalue weighted by atomic mass is 10.1. The maximum atomic E-state index is 12.4. The standard InChI is InChI=1S/C20H19N3O3/c1-3-12-22-20(25)17-6-4-5-7-18(17)23-19(24)14(2)26-16-10-8-15(13-21)9-11-16/h3-11,14H,1,12H2,2H3,(H,22,25)(H,23,24). The zero-order chi connectivity index (χ0) is 18.9. The van der Waals surface area contributed by atoms with Crippen molar-refractivity contribution < 1.29 is 14.3 Å². The third-order valence-electron chi connectivity index (χ3n) is 3.50. The van der Waals surface area contributed by atoms with Crippen LogP contribution in [0.5, 0.6) is 5.75 Å². The number of rotatable bonds is 7. The fourth-order valence-corrected chi connectivity index (χ4v) is 2.15. The lowest BCUT2D eigenvalue weighted by molar-refractivity contribution is -0.122. The lowest BCUT2D eigenvalue weighted by Crippen LogP contribution is -2.31. The molecule has 0 fully saturated rings. The molecule has 0 saturated heterocycles. The number of nitriles is 1. The molecule has 0 aliphatic rings. The van der Waals surface area contributed by atoms with Crippen LogP contribution in [-0.4, -0.2) is 24.5 Å². The molecule has 0 radical (unpaired) electrons. The molecular formula is C20H19N3O3. The number of para-hydroxylation sites is 1. The van der Waals surface area contributed by atoms with E-state index in [2.05, 4.69) is 17.2 Å². The molecule has 26 heavy (non-hydrogen) atoms. The molecule has 2 rings (SSSR count). The Labute approximate surface area is 152 Å². The molecule has 0 aliphatic carbocycles. The molecule has 0 aliphatic heterocycles.